The lowest BCUT2D eigenvalue weighted by molar-refractivity contribution is -0.364. The molecule has 1 fully saturated rings. The van der Waals surface area contributed by atoms with E-state index in [1.165, 1.54) is 15.4 Å². The molecule has 2 aromatic rings. The van der Waals surface area contributed by atoms with Crippen LogP contribution in [0.15, 0.2) is 47.5 Å². The van der Waals surface area contributed by atoms with Gasteiger partial charge in [-0.15, -0.1) is 0 Å². The van der Waals surface area contributed by atoms with Crippen molar-refractivity contribution in [2.24, 2.45) is 5.92 Å². The number of ether oxygens (including phenoxy) is 1. The van der Waals surface area contributed by atoms with Gasteiger partial charge in [0.1, 0.15) is 17.1 Å². The number of nitrogens with zero attached hydrogens (tertiary/aromatic N) is 1. The van der Waals surface area contributed by atoms with Crippen molar-refractivity contribution in [2.75, 3.05) is 31.6 Å². The number of hydrogen-bond donors (Lipinski definition) is 1. The SMILES string of the molecule is CCCc1ccc([C@H](Nc2ccc(S(=O)(=O)N3CCOCC3)c[nH+]2)C(C)C)cc1. The van der Waals surface area contributed by atoms with Crippen LogP contribution < -0.4 is 10.3 Å². The largest absolute Gasteiger partial charge is 0.379 e. The normalized spacial score (nSPS) is 16.7. The van der Waals surface area contributed by atoms with Gasteiger partial charge in [0.15, 0.2) is 0 Å². The third-order valence-corrected chi connectivity index (χ3v) is 7.14. The Morgan fingerprint density at radius 2 is 1.79 bits per heavy atom. The van der Waals surface area contributed by atoms with Crippen LogP contribution in [0.3, 0.4) is 0 Å². The topological polar surface area (TPSA) is 72.8 Å². The molecule has 7 heteroatoms. The van der Waals surface area contributed by atoms with Gasteiger partial charge in [0.05, 0.1) is 13.2 Å². The van der Waals surface area contributed by atoms with Crippen LogP contribution in [0.5, 0.6) is 0 Å². The zero-order chi connectivity index (χ0) is 20.9. The first-order valence-corrected chi connectivity index (χ1v) is 11.8. The molecule has 0 spiro atoms. The van der Waals surface area contributed by atoms with Gasteiger partial charge in [-0.3, -0.25) is 5.32 Å². The zero-order valence-electron chi connectivity index (χ0n) is 17.5. The van der Waals surface area contributed by atoms with Gasteiger partial charge < -0.3 is 4.74 Å². The van der Waals surface area contributed by atoms with Gasteiger partial charge in [-0.25, -0.2) is 13.4 Å². The van der Waals surface area contributed by atoms with E-state index in [1.807, 2.05) is 0 Å². The Bertz CT molecular complexity index is 875. The highest BCUT2D eigenvalue weighted by molar-refractivity contribution is 7.89. The molecule has 0 radical (unpaired) electrons. The lowest BCUT2D eigenvalue weighted by atomic mass is 9.94. The molecule has 2 N–H and O–H groups in total. The highest BCUT2D eigenvalue weighted by Crippen LogP contribution is 2.26. The van der Waals surface area contributed by atoms with Gasteiger partial charge in [0, 0.05) is 19.2 Å². The molecule has 1 atom stereocenters. The monoisotopic (exact) mass is 418 g/mol. The number of aryl methyl sites for hydroxylation is 1. The van der Waals surface area contributed by atoms with Crippen LogP contribution in [0.25, 0.3) is 0 Å². The second-order valence-electron chi connectivity index (χ2n) is 7.81. The molecule has 0 saturated carbocycles. The summed E-state index contributed by atoms with van der Waals surface area (Å²) in [4.78, 5) is 3.39. The first kappa shape index (κ1) is 21.7. The van der Waals surface area contributed by atoms with Crippen molar-refractivity contribution in [3.63, 3.8) is 0 Å². The Morgan fingerprint density at radius 3 is 2.34 bits per heavy atom. The number of H-pyrrole nitrogens is 1. The number of aromatic amines is 1. The number of hydrogen-bond acceptors (Lipinski definition) is 4. The molecule has 158 valence electrons. The quantitative estimate of drug-likeness (QED) is 0.714. The van der Waals surface area contributed by atoms with Gasteiger partial charge in [-0.2, -0.15) is 4.31 Å². The van der Waals surface area contributed by atoms with Crippen LogP contribution >= 0.6 is 0 Å². The number of benzene rings is 1. The fraction of sp³-hybridized carbons (Fsp3) is 0.500. The number of anilines is 1. The van der Waals surface area contributed by atoms with Crippen LogP contribution in [0.4, 0.5) is 5.82 Å². The molecule has 0 unspecified atom stereocenters. The molecule has 1 aromatic heterocycles. The molecule has 0 amide bonds. The maximum absolute atomic E-state index is 12.8. The van der Waals surface area contributed by atoms with Crippen LogP contribution in [0.2, 0.25) is 0 Å². The highest BCUT2D eigenvalue weighted by Gasteiger charge is 2.28. The Morgan fingerprint density at radius 1 is 1.10 bits per heavy atom. The molecule has 1 aliphatic heterocycles. The van der Waals surface area contributed by atoms with Crippen LogP contribution in [-0.4, -0.2) is 39.0 Å². The minimum absolute atomic E-state index is 0.128. The Balaban J connectivity index is 1.74. The first-order valence-electron chi connectivity index (χ1n) is 10.4. The van der Waals surface area contributed by atoms with Crippen LogP contribution in [0, 0.1) is 5.92 Å². The van der Waals surface area contributed by atoms with Gasteiger partial charge in [-0.1, -0.05) is 51.5 Å². The predicted octanol–water partition coefficient (Wildman–Crippen LogP) is 3.28. The van der Waals surface area contributed by atoms with Crippen molar-refractivity contribution >= 4 is 15.8 Å². The summed E-state index contributed by atoms with van der Waals surface area (Å²) in [6.45, 7) is 8.21. The third-order valence-electron chi connectivity index (χ3n) is 5.25. The summed E-state index contributed by atoms with van der Waals surface area (Å²) in [5, 5.41) is 3.52. The lowest BCUT2D eigenvalue weighted by Gasteiger charge is -2.25. The number of rotatable bonds is 8. The Hall–Kier alpha value is -1.96. The average molecular weight is 419 g/mol. The number of morpholine rings is 1. The number of nitrogens with one attached hydrogen (secondary N) is 2. The predicted molar refractivity (Wildman–Crippen MR) is 114 cm³/mol. The first-order chi connectivity index (χ1) is 13.9. The van der Waals surface area contributed by atoms with Crippen molar-refractivity contribution in [3.8, 4) is 0 Å². The van der Waals surface area contributed by atoms with Gasteiger partial charge in [-0.05, 0) is 29.5 Å². The zero-order valence-corrected chi connectivity index (χ0v) is 18.3. The lowest BCUT2D eigenvalue weighted by Crippen LogP contribution is -2.40. The highest BCUT2D eigenvalue weighted by atomic mass is 32.2. The summed E-state index contributed by atoms with van der Waals surface area (Å²) >= 11 is 0. The summed E-state index contributed by atoms with van der Waals surface area (Å²) in [7, 11) is -3.49. The Labute approximate surface area is 174 Å². The van der Waals surface area contributed by atoms with Crippen molar-refractivity contribution in [3.05, 3.63) is 53.7 Å². The fourth-order valence-electron chi connectivity index (χ4n) is 3.58. The second kappa shape index (κ2) is 9.69. The van der Waals surface area contributed by atoms with Crippen LogP contribution in [-0.2, 0) is 21.2 Å². The van der Waals surface area contributed by atoms with E-state index in [0.717, 1.165) is 18.7 Å². The fourth-order valence-corrected chi connectivity index (χ4v) is 4.96. The number of aromatic nitrogens is 1. The van der Waals surface area contributed by atoms with E-state index in [1.54, 1.807) is 18.3 Å². The van der Waals surface area contributed by atoms with E-state index in [4.69, 9.17) is 4.74 Å². The summed E-state index contributed by atoms with van der Waals surface area (Å²) in [5.41, 5.74) is 2.57. The van der Waals surface area contributed by atoms with E-state index in [0.29, 0.717) is 32.2 Å². The second-order valence-corrected chi connectivity index (χ2v) is 9.75. The molecule has 6 nitrogen and oxygen atoms in total. The maximum atomic E-state index is 12.8. The molecule has 0 aliphatic carbocycles. The summed E-state index contributed by atoms with van der Waals surface area (Å²) < 4.78 is 32.3. The van der Waals surface area contributed by atoms with Gasteiger partial charge in [0.2, 0.25) is 10.0 Å². The molecular formula is C22H32N3O3S+. The van der Waals surface area contributed by atoms with Gasteiger partial charge >= 0.3 is 0 Å². The van der Waals surface area contributed by atoms with E-state index < -0.39 is 10.0 Å². The third kappa shape index (κ3) is 5.35. The summed E-state index contributed by atoms with van der Waals surface area (Å²) in [6, 6.07) is 12.3. The summed E-state index contributed by atoms with van der Waals surface area (Å²) in [5.74, 6) is 1.17. The molecule has 3 rings (SSSR count). The average Bonchev–Trinajstić information content (AvgIpc) is 2.74. The minimum atomic E-state index is -3.49. The summed E-state index contributed by atoms with van der Waals surface area (Å²) in [6.07, 6.45) is 3.79. The number of pyridine rings is 1. The molecule has 29 heavy (non-hydrogen) atoms. The van der Waals surface area contributed by atoms with Crippen molar-refractivity contribution in [1.29, 1.82) is 0 Å². The van der Waals surface area contributed by atoms with E-state index in [9.17, 15) is 8.42 Å². The molecule has 0 bridgehead atoms. The van der Waals surface area contributed by atoms with Crippen LogP contribution in [0.1, 0.15) is 44.4 Å². The minimum Gasteiger partial charge on any atom is -0.379 e. The molecule has 1 aliphatic rings. The smallest absolute Gasteiger partial charge is 0.272 e. The van der Waals surface area contributed by atoms with E-state index in [-0.39, 0.29) is 10.9 Å². The molecule has 1 saturated heterocycles. The van der Waals surface area contributed by atoms with E-state index >= 15 is 0 Å². The molecule has 2 heterocycles. The standard InChI is InChI=1S/C22H31N3O3S/c1-4-5-18-6-8-19(9-7-18)22(17(2)3)24-21-11-10-20(16-23-21)29(26,27)25-12-14-28-15-13-25/h6-11,16-17,22H,4-5,12-15H2,1-3H3,(H,23,24)/p+1/t22-/m1/s1. The maximum Gasteiger partial charge on any atom is 0.272 e. The van der Waals surface area contributed by atoms with Crippen molar-refractivity contribution in [2.45, 2.75) is 44.6 Å². The van der Waals surface area contributed by atoms with Crippen molar-refractivity contribution < 1.29 is 18.1 Å². The molecular weight excluding hydrogens is 386 g/mol. The van der Waals surface area contributed by atoms with E-state index in [2.05, 4.69) is 55.3 Å². The Kier molecular flexibility index (Phi) is 7.27. The van der Waals surface area contributed by atoms with Crippen molar-refractivity contribution in [1.82, 2.24) is 4.31 Å². The van der Waals surface area contributed by atoms with Gasteiger partial charge in [0.25, 0.3) is 5.82 Å². The number of sulfonamides is 1. The molecule has 1 aromatic carbocycles.